The molecule has 0 aromatic heterocycles. The van der Waals surface area contributed by atoms with Crippen LogP contribution in [0.3, 0.4) is 0 Å². The topological polar surface area (TPSA) is 40.5 Å². The maximum Gasteiger partial charge on any atom is 0.416 e. The SMILES string of the molecule is CCC1CN(c2cc(C(F)(F)F)ccc2C(=O)O)C1. The number of halogens is 3. The summed E-state index contributed by atoms with van der Waals surface area (Å²) in [6, 6.07) is 2.76. The molecule has 104 valence electrons. The van der Waals surface area contributed by atoms with Gasteiger partial charge in [0.05, 0.1) is 16.8 Å². The fourth-order valence-electron chi connectivity index (χ4n) is 2.18. The first-order chi connectivity index (χ1) is 8.82. The number of carboxylic acid groups (broad SMARTS) is 1. The molecule has 0 bridgehead atoms. The van der Waals surface area contributed by atoms with E-state index >= 15 is 0 Å². The van der Waals surface area contributed by atoms with Crippen LogP contribution in [0.4, 0.5) is 18.9 Å². The molecule has 19 heavy (non-hydrogen) atoms. The predicted molar refractivity (Wildman–Crippen MR) is 64.4 cm³/mol. The molecule has 1 aliphatic rings. The molecule has 0 amide bonds. The molecule has 0 aliphatic carbocycles. The van der Waals surface area contributed by atoms with Gasteiger partial charge in [-0.25, -0.2) is 4.79 Å². The average Bonchev–Trinajstić information content (AvgIpc) is 2.26. The van der Waals surface area contributed by atoms with E-state index in [1.54, 1.807) is 4.90 Å². The lowest BCUT2D eigenvalue weighted by Gasteiger charge is -2.41. The highest BCUT2D eigenvalue weighted by molar-refractivity contribution is 5.94. The molecule has 3 nitrogen and oxygen atoms in total. The number of carboxylic acids is 1. The summed E-state index contributed by atoms with van der Waals surface area (Å²) >= 11 is 0. The number of rotatable bonds is 3. The Hall–Kier alpha value is -1.72. The number of carbonyl (C=O) groups is 1. The summed E-state index contributed by atoms with van der Waals surface area (Å²) in [6.07, 6.45) is -3.52. The smallest absolute Gasteiger partial charge is 0.416 e. The molecule has 0 unspecified atom stereocenters. The number of hydrogen-bond donors (Lipinski definition) is 1. The number of anilines is 1. The van der Waals surface area contributed by atoms with Crippen LogP contribution in [-0.2, 0) is 6.18 Å². The number of alkyl halides is 3. The van der Waals surface area contributed by atoms with Crippen LogP contribution in [0.5, 0.6) is 0 Å². The van der Waals surface area contributed by atoms with E-state index < -0.39 is 17.7 Å². The normalized spacial score (nSPS) is 16.3. The zero-order chi connectivity index (χ0) is 14.2. The van der Waals surface area contributed by atoms with Gasteiger partial charge in [0.1, 0.15) is 0 Å². The standard InChI is InChI=1S/C13H14F3NO2/c1-2-8-6-17(7-8)11-5-9(13(14,15)16)3-4-10(11)12(18)19/h3-5,8H,2,6-7H2,1H3,(H,18,19). The summed E-state index contributed by atoms with van der Waals surface area (Å²) in [5, 5.41) is 9.04. The van der Waals surface area contributed by atoms with E-state index in [0.29, 0.717) is 19.0 Å². The fraction of sp³-hybridized carbons (Fsp3) is 0.462. The number of hydrogen-bond acceptors (Lipinski definition) is 2. The van der Waals surface area contributed by atoms with Crippen molar-refractivity contribution < 1.29 is 23.1 Å². The van der Waals surface area contributed by atoms with E-state index in [1.807, 2.05) is 6.92 Å². The van der Waals surface area contributed by atoms with Gasteiger partial charge in [-0.15, -0.1) is 0 Å². The molecule has 1 heterocycles. The van der Waals surface area contributed by atoms with E-state index in [0.717, 1.165) is 24.6 Å². The molecule has 1 aliphatic heterocycles. The Morgan fingerprint density at radius 2 is 2.05 bits per heavy atom. The van der Waals surface area contributed by atoms with Gasteiger partial charge >= 0.3 is 12.1 Å². The maximum atomic E-state index is 12.7. The predicted octanol–water partition coefficient (Wildman–Crippen LogP) is 3.25. The summed E-state index contributed by atoms with van der Waals surface area (Å²) in [4.78, 5) is 12.8. The highest BCUT2D eigenvalue weighted by atomic mass is 19.4. The minimum Gasteiger partial charge on any atom is -0.478 e. The minimum absolute atomic E-state index is 0.0810. The molecule has 1 aromatic carbocycles. The molecule has 6 heteroatoms. The van der Waals surface area contributed by atoms with Gasteiger partial charge in [0, 0.05) is 13.1 Å². The van der Waals surface area contributed by atoms with Crippen molar-refractivity contribution in [3.63, 3.8) is 0 Å². The van der Waals surface area contributed by atoms with Crippen molar-refractivity contribution in [2.75, 3.05) is 18.0 Å². The van der Waals surface area contributed by atoms with Crippen molar-refractivity contribution in [1.29, 1.82) is 0 Å². The van der Waals surface area contributed by atoms with Gasteiger partial charge in [-0.2, -0.15) is 13.2 Å². The third-order valence-corrected chi connectivity index (χ3v) is 3.43. The Labute approximate surface area is 108 Å². The first kappa shape index (κ1) is 13.7. The number of aromatic carboxylic acids is 1. The van der Waals surface area contributed by atoms with Crippen LogP contribution in [-0.4, -0.2) is 24.2 Å². The Morgan fingerprint density at radius 1 is 1.42 bits per heavy atom. The van der Waals surface area contributed by atoms with Gasteiger partial charge in [-0.3, -0.25) is 0 Å². The highest BCUT2D eigenvalue weighted by Crippen LogP contribution is 2.36. The molecule has 1 aromatic rings. The van der Waals surface area contributed by atoms with Crippen LogP contribution in [0.25, 0.3) is 0 Å². The maximum absolute atomic E-state index is 12.7. The fourth-order valence-corrected chi connectivity index (χ4v) is 2.18. The van der Waals surface area contributed by atoms with Crippen molar-refractivity contribution in [1.82, 2.24) is 0 Å². The summed E-state index contributed by atoms with van der Waals surface area (Å²) in [6.45, 7) is 3.22. The highest BCUT2D eigenvalue weighted by Gasteiger charge is 2.34. The van der Waals surface area contributed by atoms with E-state index in [-0.39, 0.29) is 11.3 Å². The second kappa shape index (κ2) is 4.75. The Kier molecular flexibility index (Phi) is 3.43. The summed E-state index contributed by atoms with van der Waals surface area (Å²) in [5.41, 5.74) is -0.734. The van der Waals surface area contributed by atoms with Crippen LogP contribution in [0.15, 0.2) is 18.2 Å². The van der Waals surface area contributed by atoms with Crippen LogP contribution < -0.4 is 4.90 Å². The van der Waals surface area contributed by atoms with Gasteiger partial charge < -0.3 is 10.0 Å². The summed E-state index contributed by atoms with van der Waals surface area (Å²) < 4.78 is 38.0. The van der Waals surface area contributed by atoms with Crippen LogP contribution >= 0.6 is 0 Å². The first-order valence-electron chi connectivity index (χ1n) is 6.02. The Morgan fingerprint density at radius 3 is 2.53 bits per heavy atom. The van der Waals surface area contributed by atoms with Crippen molar-refractivity contribution in [2.45, 2.75) is 19.5 Å². The molecular weight excluding hydrogens is 259 g/mol. The quantitative estimate of drug-likeness (QED) is 0.919. The van der Waals surface area contributed by atoms with Gasteiger partial charge in [0.2, 0.25) is 0 Å². The van der Waals surface area contributed by atoms with E-state index in [2.05, 4.69) is 0 Å². The Bertz CT molecular complexity index is 493. The molecule has 0 radical (unpaired) electrons. The van der Waals surface area contributed by atoms with E-state index in [4.69, 9.17) is 5.11 Å². The molecular formula is C13H14F3NO2. The lowest BCUT2D eigenvalue weighted by Crippen LogP contribution is -2.47. The summed E-state index contributed by atoms with van der Waals surface area (Å²) in [7, 11) is 0. The van der Waals surface area contributed by atoms with Gasteiger partial charge in [-0.05, 0) is 30.5 Å². The molecule has 2 rings (SSSR count). The van der Waals surface area contributed by atoms with Crippen molar-refractivity contribution in [2.24, 2.45) is 5.92 Å². The van der Waals surface area contributed by atoms with E-state index in [9.17, 15) is 18.0 Å². The Balaban J connectivity index is 2.35. The molecule has 0 saturated carbocycles. The van der Waals surface area contributed by atoms with Gasteiger partial charge in [-0.1, -0.05) is 6.92 Å². The molecule has 1 fully saturated rings. The number of nitrogens with zero attached hydrogens (tertiary/aromatic N) is 1. The number of benzene rings is 1. The van der Waals surface area contributed by atoms with E-state index in [1.165, 1.54) is 0 Å². The second-order valence-electron chi connectivity index (χ2n) is 4.71. The zero-order valence-electron chi connectivity index (χ0n) is 10.4. The average molecular weight is 273 g/mol. The van der Waals surface area contributed by atoms with Crippen molar-refractivity contribution in [3.8, 4) is 0 Å². The minimum atomic E-state index is -4.46. The van der Waals surface area contributed by atoms with Crippen LogP contribution in [0.1, 0.15) is 29.3 Å². The van der Waals surface area contributed by atoms with Crippen molar-refractivity contribution >= 4 is 11.7 Å². The van der Waals surface area contributed by atoms with Crippen molar-refractivity contribution in [3.05, 3.63) is 29.3 Å². The lowest BCUT2D eigenvalue weighted by atomic mass is 9.95. The molecule has 1 saturated heterocycles. The third-order valence-electron chi connectivity index (χ3n) is 3.43. The monoisotopic (exact) mass is 273 g/mol. The molecule has 1 N–H and O–H groups in total. The lowest BCUT2D eigenvalue weighted by molar-refractivity contribution is -0.137. The van der Waals surface area contributed by atoms with Gasteiger partial charge in [0.25, 0.3) is 0 Å². The molecule has 0 atom stereocenters. The second-order valence-corrected chi connectivity index (χ2v) is 4.71. The first-order valence-corrected chi connectivity index (χ1v) is 6.02. The van der Waals surface area contributed by atoms with Crippen LogP contribution in [0, 0.1) is 5.92 Å². The molecule has 0 spiro atoms. The largest absolute Gasteiger partial charge is 0.478 e. The summed E-state index contributed by atoms with van der Waals surface area (Å²) in [5.74, 6) is -0.778. The van der Waals surface area contributed by atoms with Crippen LogP contribution in [0.2, 0.25) is 0 Å². The third kappa shape index (κ3) is 2.67. The zero-order valence-corrected chi connectivity index (χ0v) is 10.4. The van der Waals surface area contributed by atoms with Gasteiger partial charge in [0.15, 0.2) is 0 Å².